The smallest absolute Gasteiger partial charge is 0.366 e. The van der Waals surface area contributed by atoms with Crippen molar-refractivity contribution < 1.29 is 14.4 Å². The van der Waals surface area contributed by atoms with Gasteiger partial charge < -0.3 is 14.9 Å². The van der Waals surface area contributed by atoms with Crippen LogP contribution in [0.3, 0.4) is 0 Å². The first-order valence-electron chi connectivity index (χ1n) is 9.81. The van der Waals surface area contributed by atoms with Crippen molar-refractivity contribution in [3.05, 3.63) is 111 Å². The van der Waals surface area contributed by atoms with Crippen molar-refractivity contribution in [2.45, 2.75) is 12.0 Å². The number of aromatic nitrogens is 1. The molecule has 4 aromatic rings. The summed E-state index contributed by atoms with van der Waals surface area (Å²) in [4.78, 5) is 25.4. The molecule has 6 nitrogen and oxygen atoms in total. The number of carbonyl (C=O) groups is 1. The van der Waals surface area contributed by atoms with Gasteiger partial charge in [0.05, 0.1) is 5.39 Å². The number of anilines is 1. The Hall–Kier alpha value is -3.55. The van der Waals surface area contributed by atoms with E-state index >= 15 is 0 Å². The Bertz CT molecular complexity index is 1370. The first kappa shape index (κ1) is 21.7. The number of hydrogen-bond acceptors (Lipinski definition) is 5. The largest absolute Gasteiger partial charge is 0.375 e. The number of hydrogen-bond donors (Lipinski definition) is 2. The minimum Gasteiger partial charge on any atom is -0.375 e. The van der Waals surface area contributed by atoms with E-state index in [1.165, 1.54) is 6.08 Å². The van der Waals surface area contributed by atoms with Gasteiger partial charge in [0.1, 0.15) is 5.69 Å². The fraction of sp³-hybridized carbons (Fsp3) is 0.0800. The summed E-state index contributed by atoms with van der Waals surface area (Å²) < 4.78 is 5.56. The van der Waals surface area contributed by atoms with Gasteiger partial charge in [-0.05, 0) is 41.5 Å². The minimum absolute atomic E-state index is 0.0565. The van der Waals surface area contributed by atoms with Crippen molar-refractivity contribution in [2.24, 2.45) is 0 Å². The summed E-state index contributed by atoms with van der Waals surface area (Å²) in [5, 5.41) is 18.9. The number of benzene rings is 3. The van der Waals surface area contributed by atoms with E-state index in [0.717, 1.165) is 10.0 Å². The van der Waals surface area contributed by atoms with Gasteiger partial charge in [0, 0.05) is 22.0 Å². The summed E-state index contributed by atoms with van der Waals surface area (Å²) in [6.45, 7) is 3.68. The Labute approximate surface area is 192 Å². The highest BCUT2D eigenvalue weighted by molar-refractivity contribution is 9.10. The van der Waals surface area contributed by atoms with Crippen LogP contribution < -0.4 is 10.9 Å². The second-order valence-corrected chi connectivity index (χ2v) is 8.12. The summed E-state index contributed by atoms with van der Waals surface area (Å²) in [6.07, 6.45) is 1.52. The second kappa shape index (κ2) is 8.90. The minimum atomic E-state index is -1.84. The molecule has 160 valence electrons. The number of halogens is 1. The van der Waals surface area contributed by atoms with Crippen LogP contribution in [0.15, 0.2) is 93.2 Å². The van der Waals surface area contributed by atoms with Gasteiger partial charge in [0.25, 0.3) is 5.91 Å². The van der Waals surface area contributed by atoms with E-state index in [-0.39, 0.29) is 6.42 Å². The number of aliphatic hydroxyl groups is 1. The molecule has 0 aliphatic heterocycles. The van der Waals surface area contributed by atoms with Crippen molar-refractivity contribution in [3.63, 3.8) is 0 Å². The highest BCUT2D eigenvalue weighted by Gasteiger charge is 2.38. The highest BCUT2D eigenvalue weighted by Crippen LogP contribution is 2.31. The molecule has 7 heteroatoms. The Morgan fingerprint density at radius 2 is 1.81 bits per heavy atom. The normalized spacial score (nSPS) is 12.8. The van der Waals surface area contributed by atoms with Gasteiger partial charge in [0.15, 0.2) is 5.60 Å². The summed E-state index contributed by atoms with van der Waals surface area (Å²) >= 11 is 3.49. The molecule has 0 fully saturated rings. The predicted molar refractivity (Wildman–Crippen MR) is 127 cm³/mol. The van der Waals surface area contributed by atoms with E-state index < -0.39 is 17.1 Å². The van der Waals surface area contributed by atoms with Crippen molar-refractivity contribution in [3.8, 4) is 0 Å². The third kappa shape index (κ3) is 4.12. The molecule has 0 spiro atoms. The first-order chi connectivity index (χ1) is 15.4. The molecule has 0 saturated carbocycles. The number of nitrogens with one attached hydrogen (secondary N) is 1. The number of rotatable bonds is 6. The molecule has 4 rings (SSSR count). The lowest BCUT2D eigenvalue weighted by Gasteiger charge is -2.28. The van der Waals surface area contributed by atoms with Crippen LogP contribution in [0.5, 0.6) is 0 Å². The van der Waals surface area contributed by atoms with Gasteiger partial charge in [0.2, 0.25) is 0 Å². The van der Waals surface area contributed by atoms with Gasteiger partial charge in [-0.3, -0.25) is 4.79 Å². The Kier molecular flexibility index (Phi) is 6.03. The SMILES string of the molecule is C=Cc1noc(=O)c2ccc(NC(=O)C(O)(Cc3ccccc3Br)c3ccccc3)cc12. The molecule has 32 heavy (non-hydrogen) atoms. The topological polar surface area (TPSA) is 92.4 Å². The van der Waals surface area contributed by atoms with Crippen LogP contribution in [-0.4, -0.2) is 16.2 Å². The first-order valence-corrected chi connectivity index (χ1v) is 10.6. The standard InChI is InChI=1S/C25H19BrN2O4/c1-2-22-20-14-18(12-13-19(20)23(29)32-28-22)27-24(30)25(31,17-9-4-3-5-10-17)15-16-8-6-7-11-21(16)26/h2-14,31H,1,15H2,(H,27,30). The molecule has 1 aromatic heterocycles. The van der Waals surface area contributed by atoms with Crippen LogP contribution >= 0.6 is 15.9 Å². The maximum atomic E-state index is 13.4. The monoisotopic (exact) mass is 490 g/mol. The highest BCUT2D eigenvalue weighted by atomic mass is 79.9. The fourth-order valence-electron chi connectivity index (χ4n) is 3.53. The zero-order valence-electron chi connectivity index (χ0n) is 16.9. The van der Waals surface area contributed by atoms with Crippen LogP contribution in [0.2, 0.25) is 0 Å². The summed E-state index contributed by atoms with van der Waals surface area (Å²) in [5.74, 6) is -0.602. The zero-order chi connectivity index (χ0) is 22.7. The average molecular weight is 491 g/mol. The molecule has 0 bridgehead atoms. The Balaban J connectivity index is 1.74. The Morgan fingerprint density at radius 1 is 1.09 bits per heavy atom. The molecule has 0 aliphatic carbocycles. The van der Waals surface area contributed by atoms with Gasteiger partial charge in [-0.25, -0.2) is 4.79 Å². The van der Waals surface area contributed by atoms with E-state index in [0.29, 0.717) is 27.7 Å². The number of nitrogens with zero attached hydrogens (tertiary/aromatic N) is 1. The molecule has 0 saturated heterocycles. The summed E-state index contributed by atoms with van der Waals surface area (Å²) in [5.41, 5.74) is -0.402. The molecule has 2 N–H and O–H groups in total. The van der Waals surface area contributed by atoms with E-state index in [1.807, 2.05) is 30.3 Å². The molecule has 1 heterocycles. The van der Waals surface area contributed by atoms with Crippen molar-refractivity contribution >= 4 is 44.4 Å². The Morgan fingerprint density at radius 3 is 2.53 bits per heavy atom. The maximum Gasteiger partial charge on any atom is 0.366 e. The summed E-state index contributed by atoms with van der Waals surface area (Å²) in [6, 6.07) is 20.9. The third-order valence-electron chi connectivity index (χ3n) is 5.22. The summed E-state index contributed by atoms with van der Waals surface area (Å²) in [7, 11) is 0. The lowest BCUT2D eigenvalue weighted by atomic mass is 9.86. The quantitative estimate of drug-likeness (QED) is 0.409. The zero-order valence-corrected chi connectivity index (χ0v) is 18.5. The van der Waals surface area contributed by atoms with E-state index in [4.69, 9.17) is 4.52 Å². The van der Waals surface area contributed by atoms with E-state index in [2.05, 4.69) is 33.0 Å². The van der Waals surface area contributed by atoms with E-state index in [1.54, 1.807) is 42.5 Å². The maximum absolute atomic E-state index is 13.4. The fourth-order valence-corrected chi connectivity index (χ4v) is 3.95. The van der Waals surface area contributed by atoms with Crippen LogP contribution in [0.4, 0.5) is 5.69 Å². The van der Waals surface area contributed by atoms with Crippen LogP contribution in [-0.2, 0) is 16.8 Å². The van der Waals surface area contributed by atoms with Crippen LogP contribution in [0, 0.1) is 0 Å². The van der Waals surface area contributed by atoms with Gasteiger partial charge >= 0.3 is 5.63 Å². The number of fused-ring (bicyclic) bond motifs is 1. The predicted octanol–water partition coefficient (Wildman–Crippen LogP) is 4.66. The number of carbonyl (C=O) groups excluding carboxylic acids is 1. The molecule has 1 unspecified atom stereocenters. The van der Waals surface area contributed by atoms with Crippen molar-refractivity contribution in [2.75, 3.05) is 5.32 Å². The molecule has 0 radical (unpaired) electrons. The van der Waals surface area contributed by atoms with Gasteiger partial charge in [-0.15, -0.1) is 0 Å². The molecular weight excluding hydrogens is 472 g/mol. The van der Waals surface area contributed by atoms with Gasteiger partial charge in [-0.1, -0.05) is 76.2 Å². The molecule has 3 aromatic carbocycles. The number of amides is 1. The molecule has 1 atom stereocenters. The second-order valence-electron chi connectivity index (χ2n) is 7.27. The lowest BCUT2D eigenvalue weighted by molar-refractivity contribution is -0.135. The lowest BCUT2D eigenvalue weighted by Crippen LogP contribution is -2.42. The average Bonchev–Trinajstić information content (AvgIpc) is 2.81. The third-order valence-corrected chi connectivity index (χ3v) is 6.00. The molecule has 0 aliphatic rings. The molecular formula is C25H19BrN2O4. The van der Waals surface area contributed by atoms with Crippen molar-refractivity contribution in [1.29, 1.82) is 0 Å². The molecule has 1 amide bonds. The van der Waals surface area contributed by atoms with E-state index in [9.17, 15) is 14.7 Å². The van der Waals surface area contributed by atoms with Crippen LogP contribution in [0.25, 0.3) is 16.8 Å². The van der Waals surface area contributed by atoms with Crippen molar-refractivity contribution in [1.82, 2.24) is 5.16 Å². The van der Waals surface area contributed by atoms with Gasteiger partial charge in [-0.2, -0.15) is 0 Å². The van der Waals surface area contributed by atoms with Crippen LogP contribution in [0.1, 0.15) is 16.8 Å².